The molecule has 0 aliphatic heterocycles. The summed E-state index contributed by atoms with van der Waals surface area (Å²) in [6, 6.07) is 14.6. The number of hydrogen-bond acceptors (Lipinski definition) is 3. The number of nitrogens with one attached hydrogen (secondary N) is 2. The maximum Gasteiger partial charge on any atom is 0.249 e. The summed E-state index contributed by atoms with van der Waals surface area (Å²) in [6.45, 7) is 1.96. The van der Waals surface area contributed by atoms with Gasteiger partial charge in [-0.2, -0.15) is 0 Å². The zero-order valence-electron chi connectivity index (χ0n) is 11.7. The van der Waals surface area contributed by atoms with Crippen LogP contribution in [-0.2, 0) is 11.3 Å². The molecule has 0 saturated heterocycles. The van der Waals surface area contributed by atoms with Crippen LogP contribution in [0.25, 0.3) is 0 Å². The standard InChI is InChI=1S/C16H17N3O2/c1-11(20)19-14-8-6-13(7-9-14)18-10-12-4-2-3-5-15(12)16(17)21/h2-9,18H,10H2,1H3,(H2,17,21)(H,19,20). The topological polar surface area (TPSA) is 84.2 Å². The largest absolute Gasteiger partial charge is 0.381 e. The maximum absolute atomic E-state index is 11.3. The van der Waals surface area contributed by atoms with Crippen molar-refractivity contribution in [3.8, 4) is 0 Å². The molecule has 2 aromatic rings. The minimum absolute atomic E-state index is 0.105. The van der Waals surface area contributed by atoms with Crippen LogP contribution in [0, 0.1) is 0 Å². The first-order chi connectivity index (χ1) is 10.1. The van der Waals surface area contributed by atoms with Crippen LogP contribution in [0.2, 0.25) is 0 Å². The number of amides is 2. The van der Waals surface area contributed by atoms with E-state index in [9.17, 15) is 9.59 Å². The highest BCUT2D eigenvalue weighted by Gasteiger charge is 2.06. The number of anilines is 2. The number of nitrogens with two attached hydrogens (primary N) is 1. The molecule has 0 atom stereocenters. The van der Waals surface area contributed by atoms with Crippen molar-refractivity contribution in [2.24, 2.45) is 5.73 Å². The molecule has 0 saturated carbocycles. The Morgan fingerprint density at radius 3 is 2.24 bits per heavy atom. The monoisotopic (exact) mass is 283 g/mol. The molecule has 2 aromatic carbocycles. The molecule has 0 aromatic heterocycles. The normalized spacial score (nSPS) is 9.95. The second kappa shape index (κ2) is 6.56. The lowest BCUT2D eigenvalue weighted by Crippen LogP contribution is -2.15. The summed E-state index contributed by atoms with van der Waals surface area (Å²) >= 11 is 0. The van der Waals surface area contributed by atoms with Crippen molar-refractivity contribution in [3.05, 3.63) is 59.7 Å². The average molecular weight is 283 g/mol. The van der Waals surface area contributed by atoms with E-state index in [1.54, 1.807) is 12.1 Å². The van der Waals surface area contributed by atoms with Crippen molar-refractivity contribution in [3.63, 3.8) is 0 Å². The quantitative estimate of drug-likeness (QED) is 0.787. The number of hydrogen-bond donors (Lipinski definition) is 3. The molecule has 5 heteroatoms. The van der Waals surface area contributed by atoms with Crippen molar-refractivity contribution >= 4 is 23.2 Å². The highest BCUT2D eigenvalue weighted by atomic mass is 16.1. The van der Waals surface area contributed by atoms with Gasteiger partial charge in [0, 0.05) is 30.4 Å². The SMILES string of the molecule is CC(=O)Nc1ccc(NCc2ccccc2C(N)=O)cc1. The highest BCUT2D eigenvalue weighted by molar-refractivity contribution is 5.94. The molecule has 0 fully saturated rings. The second-order valence-corrected chi connectivity index (χ2v) is 4.63. The Kier molecular flexibility index (Phi) is 4.56. The van der Waals surface area contributed by atoms with E-state index in [0.717, 1.165) is 16.9 Å². The summed E-state index contributed by atoms with van der Waals surface area (Å²) in [5, 5.41) is 5.92. The third-order valence-electron chi connectivity index (χ3n) is 2.97. The van der Waals surface area contributed by atoms with E-state index in [4.69, 9.17) is 5.73 Å². The lowest BCUT2D eigenvalue weighted by molar-refractivity contribution is -0.114. The van der Waals surface area contributed by atoms with Gasteiger partial charge in [0.15, 0.2) is 0 Å². The van der Waals surface area contributed by atoms with Crippen LogP contribution in [0.4, 0.5) is 11.4 Å². The molecule has 0 spiro atoms. The summed E-state index contributed by atoms with van der Waals surface area (Å²) < 4.78 is 0. The van der Waals surface area contributed by atoms with E-state index in [1.807, 2.05) is 36.4 Å². The van der Waals surface area contributed by atoms with E-state index in [1.165, 1.54) is 6.92 Å². The van der Waals surface area contributed by atoms with Gasteiger partial charge in [0.2, 0.25) is 11.8 Å². The molecule has 2 rings (SSSR count). The molecule has 5 nitrogen and oxygen atoms in total. The van der Waals surface area contributed by atoms with E-state index in [2.05, 4.69) is 10.6 Å². The van der Waals surface area contributed by atoms with Gasteiger partial charge in [-0.25, -0.2) is 0 Å². The number of carbonyl (C=O) groups is 2. The summed E-state index contributed by atoms with van der Waals surface area (Å²) in [6.07, 6.45) is 0. The third-order valence-corrected chi connectivity index (χ3v) is 2.97. The Hall–Kier alpha value is -2.82. The number of carbonyl (C=O) groups excluding carboxylic acids is 2. The maximum atomic E-state index is 11.3. The number of benzene rings is 2. The van der Waals surface area contributed by atoms with Crippen LogP contribution in [0.1, 0.15) is 22.8 Å². The van der Waals surface area contributed by atoms with Gasteiger partial charge in [-0.3, -0.25) is 9.59 Å². The Bertz CT molecular complexity index is 651. The van der Waals surface area contributed by atoms with Crippen molar-refractivity contribution < 1.29 is 9.59 Å². The van der Waals surface area contributed by atoms with Gasteiger partial charge in [0.25, 0.3) is 0 Å². The first-order valence-electron chi connectivity index (χ1n) is 6.55. The summed E-state index contributed by atoms with van der Waals surface area (Å²) in [7, 11) is 0. The van der Waals surface area contributed by atoms with Gasteiger partial charge in [0.1, 0.15) is 0 Å². The molecule has 0 radical (unpaired) electrons. The fourth-order valence-corrected chi connectivity index (χ4v) is 1.99. The minimum Gasteiger partial charge on any atom is -0.381 e. The summed E-state index contributed by atoms with van der Waals surface area (Å²) in [4.78, 5) is 22.3. The molecule has 108 valence electrons. The fraction of sp³-hybridized carbons (Fsp3) is 0.125. The van der Waals surface area contributed by atoms with Gasteiger partial charge in [-0.1, -0.05) is 18.2 Å². The first-order valence-corrected chi connectivity index (χ1v) is 6.55. The highest BCUT2D eigenvalue weighted by Crippen LogP contribution is 2.16. The van der Waals surface area contributed by atoms with Crippen LogP contribution >= 0.6 is 0 Å². The predicted octanol–water partition coefficient (Wildman–Crippen LogP) is 2.36. The van der Waals surface area contributed by atoms with Crippen molar-refractivity contribution in [2.75, 3.05) is 10.6 Å². The molecular formula is C16H17N3O2. The van der Waals surface area contributed by atoms with Crippen LogP contribution in [0.3, 0.4) is 0 Å². The van der Waals surface area contributed by atoms with Crippen molar-refractivity contribution in [1.82, 2.24) is 0 Å². The van der Waals surface area contributed by atoms with Gasteiger partial charge in [-0.05, 0) is 35.9 Å². The Morgan fingerprint density at radius 2 is 1.62 bits per heavy atom. The molecule has 0 unspecified atom stereocenters. The Balaban J connectivity index is 2.03. The van der Waals surface area contributed by atoms with E-state index in [0.29, 0.717) is 12.1 Å². The molecule has 2 amide bonds. The average Bonchev–Trinajstić information content (AvgIpc) is 2.46. The molecule has 4 N–H and O–H groups in total. The molecule has 21 heavy (non-hydrogen) atoms. The van der Waals surface area contributed by atoms with E-state index in [-0.39, 0.29) is 5.91 Å². The van der Waals surface area contributed by atoms with E-state index < -0.39 is 5.91 Å². The lowest BCUT2D eigenvalue weighted by Gasteiger charge is -2.10. The smallest absolute Gasteiger partial charge is 0.249 e. The second-order valence-electron chi connectivity index (χ2n) is 4.63. The third kappa shape index (κ3) is 4.07. The summed E-state index contributed by atoms with van der Waals surface area (Å²) in [5.74, 6) is -0.542. The summed E-state index contributed by atoms with van der Waals surface area (Å²) in [5.41, 5.74) is 8.33. The molecule has 0 aliphatic carbocycles. The van der Waals surface area contributed by atoms with E-state index >= 15 is 0 Å². The van der Waals surface area contributed by atoms with Crippen LogP contribution < -0.4 is 16.4 Å². The minimum atomic E-state index is -0.437. The molecule has 0 aliphatic rings. The predicted molar refractivity (Wildman–Crippen MR) is 83.0 cm³/mol. The Labute approximate surface area is 123 Å². The van der Waals surface area contributed by atoms with Crippen LogP contribution in [-0.4, -0.2) is 11.8 Å². The zero-order valence-corrected chi connectivity index (χ0v) is 11.7. The van der Waals surface area contributed by atoms with Crippen LogP contribution in [0.15, 0.2) is 48.5 Å². The lowest BCUT2D eigenvalue weighted by atomic mass is 10.1. The molecule has 0 bridgehead atoms. The van der Waals surface area contributed by atoms with Crippen LogP contribution in [0.5, 0.6) is 0 Å². The zero-order chi connectivity index (χ0) is 15.2. The molecular weight excluding hydrogens is 266 g/mol. The van der Waals surface area contributed by atoms with Gasteiger partial charge < -0.3 is 16.4 Å². The van der Waals surface area contributed by atoms with Gasteiger partial charge in [-0.15, -0.1) is 0 Å². The van der Waals surface area contributed by atoms with Gasteiger partial charge in [0.05, 0.1) is 0 Å². The number of primary amides is 1. The molecule has 0 heterocycles. The van der Waals surface area contributed by atoms with Crippen molar-refractivity contribution in [2.45, 2.75) is 13.5 Å². The van der Waals surface area contributed by atoms with Gasteiger partial charge >= 0.3 is 0 Å². The van der Waals surface area contributed by atoms with Crippen molar-refractivity contribution in [1.29, 1.82) is 0 Å². The fourth-order valence-electron chi connectivity index (χ4n) is 1.99. The Morgan fingerprint density at radius 1 is 1.00 bits per heavy atom. The first kappa shape index (κ1) is 14.6. The number of rotatable bonds is 5.